The van der Waals surface area contributed by atoms with E-state index in [4.69, 9.17) is 0 Å². The quantitative estimate of drug-likeness (QED) is 0.508. The SMILES string of the molecule is CCCNC(=O)[C@@H]1[C@H]2C(=O)N(CCO)C(C(=O)NC(C)(C)CC(C)(C)C)C23S[C@@H]1CC3C. The van der Waals surface area contributed by atoms with Crippen LogP contribution < -0.4 is 10.6 Å². The molecule has 3 amide bonds. The maximum atomic E-state index is 13.8. The second kappa shape index (κ2) is 8.82. The zero-order chi connectivity index (χ0) is 24.1. The van der Waals surface area contributed by atoms with Crippen LogP contribution in [0.5, 0.6) is 0 Å². The van der Waals surface area contributed by atoms with Crippen molar-refractivity contribution in [3.05, 3.63) is 0 Å². The smallest absolute Gasteiger partial charge is 0.244 e. The van der Waals surface area contributed by atoms with Crippen LogP contribution in [0.25, 0.3) is 0 Å². The van der Waals surface area contributed by atoms with Crippen LogP contribution in [0, 0.1) is 23.2 Å². The van der Waals surface area contributed by atoms with Crippen molar-refractivity contribution in [1.82, 2.24) is 15.5 Å². The number of β-amino-alcohol motifs (C(OH)–C–C–N with tert-alkyl or cyclic N) is 1. The third kappa shape index (κ3) is 4.29. The molecule has 1 spiro atoms. The maximum absolute atomic E-state index is 13.8. The van der Waals surface area contributed by atoms with E-state index in [0.29, 0.717) is 6.54 Å². The van der Waals surface area contributed by atoms with Gasteiger partial charge in [-0.3, -0.25) is 14.4 Å². The molecule has 0 aliphatic carbocycles. The van der Waals surface area contributed by atoms with Crippen LogP contribution in [-0.2, 0) is 14.4 Å². The van der Waals surface area contributed by atoms with Gasteiger partial charge in [0.2, 0.25) is 17.7 Å². The number of nitrogens with zero attached hydrogens (tertiary/aromatic N) is 1. The Morgan fingerprint density at radius 1 is 1.22 bits per heavy atom. The summed E-state index contributed by atoms with van der Waals surface area (Å²) in [6.07, 6.45) is 2.44. The van der Waals surface area contributed by atoms with Gasteiger partial charge in [0, 0.05) is 23.9 Å². The number of hydrogen-bond donors (Lipinski definition) is 3. The van der Waals surface area contributed by atoms with E-state index in [1.807, 2.05) is 20.8 Å². The zero-order valence-electron chi connectivity index (χ0n) is 20.7. The molecule has 182 valence electrons. The van der Waals surface area contributed by atoms with Crippen LogP contribution in [0.3, 0.4) is 0 Å². The average molecular weight is 468 g/mol. The van der Waals surface area contributed by atoms with Crippen LogP contribution in [0.2, 0.25) is 0 Å². The number of carbonyl (C=O) groups is 3. The molecule has 3 heterocycles. The van der Waals surface area contributed by atoms with Crippen molar-refractivity contribution in [2.24, 2.45) is 23.2 Å². The highest BCUT2D eigenvalue weighted by Gasteiger charge is 2.75. The topological polar surface area (TPSA) is 98.7 Å². The summed E-state index contributed by atoms with van der Waals surface area (Å²) in [5.74, 6) is -1.21. The highest BCUT2D eigenvalue weighted by Crippen LogP contribution is 2.68. The van der Waals surface area contributed by atoms with E-state index in [-0.39, 0.29) is 47.5 Å². The highest BCUT2D eigenvalue weighted by atomic mass is 32.2. The Balaban J connectivity index is 1.96. The first kappa shape index (κ1) is 25.3. The summed E-state index contributed by atoms with van der Waals surface area (Å²) in [5, 5.41) is 16.0. The first-order valence-electron chi connectivity index (χ1n) is 12.0. The Morgan fingerprint density at radius 3 is 2.44 bits per heavy atom. The lowest BCUT2D eigenvalue weighted by molar-refractivity contribution is -0.140. The van der Waals surface area contributed by atoms with Gasteiger partial charge in [-0.25, -0.2) is 0 Å². The molecular formula is C24H41N3O4S. The summed E-state index contributed by atoms with van der Waals surface area (Å²) < 4.78 is -0.632. The lowest BCUT2D eigenvalue weighted by Crippen LogP contribution is -2.60. The van der Waals surface area contributed by atoms with E-state index in [2.05, 4.69) is 38.3 Å². The molecule has 3 unspecified atom stereocenters. The molecule has 0 saturated carbocycles. The predicted octanol–water partition coefficient (Wildman–Crippen LogP) is 2.17. The summed E-state index contributed by atoms with van der Waals surface area (Å²) in [5.41, 5.74) is -0.412. The number of nitrogens with one attached hydrogen (secondary N) is 2. The van der Waals surface area contributed by atoms with Gasteiger partial charge in [-0.2, -0.15) is 0 Å². The fourth-order valence-electron chi connectivity index (χ4n) is 6.61. The number of amides is 3. The number of rotatable bonds is 8. The number of aliphatic hydroxyl groups is 1. The number of likely N-dealkylation sites (tertiary alicyclic amines) is 1. The van der Waals surface area contributed by atoms with Gasteiger partial charge in [0.15, 0.2) is 0 Å². The van der Waals surface area contributed by atoms with Gasteiger partial charge in [0.1, 0.15) is 6.04 Å². The Morgan fingerprint density at radius 2 is 1.88 bits per heavy atom. The molecule has 8 heteroatoms. The first-order chi connectivity index (χ1) is 14.8. The monoisotopic (exact) mass is 467 g/mol. The second-order valence-electron chi connectivity index (χ2n) is 11.7. The minimum absolute atomic E-state index is 0.0319. The first-order valence-corrected chi connectivity index (χ1v) is 12.9. The fourth-order valence-corrected chi connectivity index (χ4v) is 9.03. The molecule has 3 saturated heterocycles. The standard InChI is InChI=1S/C24H41N3O4S/c1-8-9-25-19(29)16-15-12-14(2)24(32-15)17(16)21(31)27(10-11-28)18(24)20(30)26-23(6,7)13-22(3,4)5/h14-18,28H,8-13H2,1-7H3,(H,25,29)(H,26,30)/t14?,15-,16+,17+,18?,24?/m1/s1. The average Bonchev–Trinajstić information content (AvgIpc) is 3.22. The maximum Gasteiger partial charge on any atom is 0.244 e. The molecule has 0 aromatic heterocycles. The highest BCUT2D eigenvalue weighted by molar-refractivity contribution is 8.02. The Labute approximate surface area is 196 Å². The van der Waals surface area contributed by atoms with Gasteiger partial charge >= 0.3 is 0 Å². The molecule has 2 bridgehead atoms. The van der Waals surface area contributed by atoms with E-state index in [0.717, 1.165) is 19.3 Å². The Kier molecular flexibility index (Phi) is 6.99. The molecule has 0 aromatic rings. The fraction of sp³-hybridized carbons (Fsp3) is 0.875. The van der Waals surface area contributed by atoms with E-state index in [9.17, 15) is 19.5 Å². The molecular weight excluding hydrogens is 426 g/mol. The van der Waals surface area contributed by atoms with Gasteiger partial charge in [0.25, 0.3) is 0 Å². The van der Waals surface area contributed by atoms with Crippen molar-refractivity contribution in [3.8, 4) is 0 Å². The summed E-state index contributed by atoms with van der Waals surface area (Å²) in [6, 6.07) is -0.680. The summed E-state index contributed by atoms with van der Waals surface area (Å²) in [4.78, 5) is 42.1. The van der Waals surface area contributed by atoms with E-state index in [1.54, 1.807) is 16.7 Å². The van der Waals surface area contributed by atoms with Gasteiger partial charge in [0.05, 0.1) is 23.2 Å². The van der Waals surface area contributed by atoms with E-state index < -0.39 is 28.2 Å². The second-order valence-corrected chi connectivity index (χ2v) is 13.3. The number of fused-ring (bicyclic) bond motifs is 1. The summed E-state index contributed by atoms with van der Waals surface area (Å²) in [7, 11) is 0. The number of carbonyl (C=O) groups excluding carboxylic acids is 3. The third-order valence-electron chi connectivity index (χ3n) is 7.12. The van der Waals surface area contributed by atoms with Crippen molar-refractivity contribution in [1.29, 1.82) is 0 Å². The minimum Gasteiger partial charge on any atom is -0.395 e. The molecule has 7 nitrogen and oxygen atoms in total. The van der Waals surface area contributed by atoms with E-state index in [1.165, 1.54) is 0 Å². The van der Waals surface area contributed by atoms with Gasteiger partial charge in [-0.15, -0.1) is 11.8 Å². The molecule has 6 atom stereocenters. The number of aliphatic hydroxyl groups excluding tert-OH is 1. The lowest BCUT2D eigenvalue weighted by atomic mass is 9.65. The van der Waals surface area contributed by atoms with Gasteiger partial charge < -0.3 is 20.6 Å². The minimum atomic E-state index is -0.680. The van der Waals surface area contributed by atoms with Crippen LogP contribution in [0.1, 0.15) is 67.7 Å². The van der Waals surface area contributed by atoms with Crippen LogP contribution >= 0.6 is 11.8 Å². The molecule has 32 heavy (non-hydrogen) atoms. The number of thioether (sulfide) groups is 1. The Hall–Kier alpha value is -1.28. The van der Waals surface area contributed by atoms with E-state index >= 15 is 0 Å². The van der Waals surface area contributed by atoms with Crippen LogP contribution in [-0.4, -0.2) is 69.0 Å². The molecule has 3 N–H and O–H groups in total. The van der Waals surface area contributed by atoms with Crippen molar-refractivity contribution >= 4 is 29.5 Å². The predicted molar refractivity (Wildman–Crippen MR) is 127 cm³/mol. The van der Waals surface area contributed by atoms with Crippen molar-refractivity contribution in [2.75, 3.05) is 19.7 Å². The molecule has 3 aliphatic rings. The van der Waals surface area contributed by atoms with Crippen LogP contribution in [0.4, 0.5) is 0 Å². The molecule has 3 rings (SSSR count). The lowest BCUT2D eigenvalue weighted by Gasteiger charge is -2.41. The molecule has 0 aromatic carbocycles. The largest absolute Gasteiger partial charge is 0.395 e. The summed E-state index contributed by atoms with van der Waals surface area (Å²) >= 11 is 1.67. The molecule has 3 aliphatic heterocycles. The third-order valence-corrected chi connectivity index (χ3v) is 9.20. The van der Waals surface area contributed by atoms with Crippen molar-refractivity contribution in [3.63, 3.8) is 0 Å². The molecule has 0 radical (unpaired) electrons. The normalized spacial score (nSPS) is 34.1. The van der Waals surface area contributed by atoms with Crippen LogP contribution in [0.15, 0.2) is 0 Å². The zero-order valence-corrected chi connectivity index (χ0v) is 21.5. The van der Waals surface area contributed by atoms with Gasteiger partial charge in [-0.05, 0) is 44.4 Å². The Bertz CT molecular complexity index is 765. The summed E-state index contributed by atoms with van der Waals surface area (Å²) in [6.45, 7) is 15.0. The van der Waals surface area contributed by atoms with Crippen molar-refractivity contribution in [2.45, 2.75) is 89.3 Å². The van der Waals surface area contributed by atoms with Gasteiger partial charge in [-0.1, -0.05) is 34.6 Å². The molecule has 3 fully saturated rings. The van der Waals surface area contributed by atoms with Crippen molar-refractivity contribution < 1.29 is 19.5 Å². The number of hydrogen-bond acceptors (Lipinski definition) is 5.